The maximum Gasteiger partial charge on any atom is 0.251 e. The Morgan fingerprint density at radius 1 is 1.12 bits per heavy atom. The molecular formula is C26H30N4O3. The largest absolute Gasteiger partial charge is 0.486 e. The molecule has 7 heteroatoms. The monoisotopic (exact) mass is 446 g/mol. The highest BCUT2D eigenvalue weighted by molar-refractivity contribution is 5.94. The molecule has 172 valence electrons. The Balaban J connectivity index is 1.36. The second-order valence-electron chi connectivity index (χ2n) is 8.14. The van der Waals surface area contributed by atoms with Crippen molar-refractivity contribution in [2.75, 3.05) is 31.7 Å². The summed E-state index contributed by atoms with van der Waals surface area (Å²) in [6.07, 6.45) is 1.49. The molecule has 1 aliphatic heterocycles. The molecule has 1 saturated heterocycles. The lowest BCUT2D eigenvalue weighted by Gasteiger charge is -2.27. The van der Waals surface area contributed by atoms with Crippen molar-refractivity contribution in [3.8, 4) is 5.75 Å². The molecule has 3 aromatic rings. The van der Waals surface area contributed by atoms with Gasteiger partial charge in [0.1, 0.15) is 17.7 Å². The number of ether oxygens (including phenoxy) is 2. The molecule has 1 aromatic heterocycles. The molecule has 0 bridgehead atoms. The van der Waals surface area contributed by atoms with Gasteiger partial charge in [0.15, 0.2) is 0 Å². The fourth-order valence-electron chi connectivity index (χ4n) is 3.58. The molecule has 33 heavy (non-hydrogen) atoms. The van der Waals surface area contributed by atoms with E-state index in [1.165, 1.54) is 5.56 Å². The molecule has 4 rings (SSSR count). The average molecular weight is 447 g/mol. The van der Waals surface area contributed by atoms with Crippen LogP contribution in [0.25, 0.3) is 0 Å². The molecule has 0 radical (unpaired) electrons. The third-order valence-electron chi connectivity index (χ3n) is 5.52. The lowest BCUT2D eigenvalue weighted by atomic mass is 10.1. The number of hydrogen-bond acceptors (Lipinski definition) is 6. The van der Waals surface area contributed by atoms with Crippen molar-refractivity contribution in [2.24, 2.45) is 0 Å². The molecule has 2 heterocycles. The van der Waals surface area contributed by atoms with Crippen LogP contribution in [-0.2, 0) is 11.3 Å². The van der Waals surface area contributed by atoms with Crippen molar-refractivity contribution < 1.29 is 14.3 Å². The van der Waals surface area contributed by atoms with Gasteiger partial charge in [-0.2, -0.15) is 0 Å². The number of carbonyl (C=O) groups is 1. The van der Waals surface area contributed by atoms with Crippen molar-refractivity contribution in [3.05, 3.63) is 89.1 Å². The molecule has 1 atom stereocenters. The van der Waals surface area contributed by atoms with Gasteiger partial charge in [0.05, 0.1) is 13.2 Å². The third kappa shape index (κ3) is 6.54. The van der Waals surface area contributed by atoms with E-state index in [1.54, 1.807) is 6.20 Å². The Morgan fingerprint density at radius 2 is 1.91 bits per heavy atom. The zero-order chi connectivity index (χ0) is 23.0. The number of nitrogens with one attached hydrogen (secondary N) is 2. The number of hydrogen-bond donors (Lipinski definition) is 2. The van der Waals surface area contributed by atoms with Crippen LogP contribution in [0.3, 0.4) is 0 Å². The molecule has 1 aliphatic rings. The normalized spacial score (nSPS) is 15.0. The van der Waals surface area contributed by atoms with Crippen LogP contribution in [0.15, 0.2) is 66.9 Å². The van der Waals surface area contributed by atoms with E-state index in [0.29, 0.717) is 31.1 Å². The molecule has 1 amide bonds. The lowest BCUT2D eigenvalue weighted by molar-refractivity contribution is 0.0494. The first-order valence-electron chi connectivity index (χ1n) is 11.2. The van der Waals surface area contributed by atoms with Gasteiger partial charge in [-0.15, -0.1) is 0 Å². The highest BCUT2D eigenvalue weighted by atomic mass is 16.5. The van der Waals surface area contributed by atoms with Gasteiger partial charge in [-0.1, -0.05) is 42.0 Å². The summed E-state index contributed by atoms with van der Waals surface area (Å²) in [7, 11) is 0. The summed E-state index contributed by atoms with van der Waals surface area (Å²) in [5.74, 6) is 1.33. The summed E-state index contributed by atoms with van der Waals surface area (Å²) in [5.41, 5.74) is 7.11. The third-order valence-corrected chi connectivity index (χ3v) is 5.52. The van der Waals surface area contributed by atoms with Gasteiger partial charge in [-0.3, -0.25) is 4.79 Å². The maximum absolute atomic E-state index is 12.7. The Kier molecular flexibility index (Phi) is 7.55. The Hall–Kier alpha value is -3.42. The molecule has 7 nitrogen and oxygen atoms in total. The minimum absolute atomic E-state index is 0.106. The second kappa shape index (κ2) is 10.9. The lowest BCUT2D eigenvalue weighted by Crippen LogP contribution is -2.40. The topological polar surface area (TPSA) is 75.7 Å². The smallest absolute Gasteiger partial charge is 0.251 e. The number of aromatic nitrogens is 1. The molecule has 1 unspecified atom stereocenters. The summed E-state index contributed by atoms with van der Waals surface area (Å²) in [6.45, 7) is 7.53. The van der Waals surface area contributed by atoms with Gasteiger partial charge < -0.3 is 20.2 Å². The van der Waals surface area contributed by atoms with Crippen LogP contribution in [0, 0.1) is 6.92 Å². The Morgan fingerprint density at radius 3 is 2.70 bits per heavy atom. The van der Waals surface area contributed by atoms with E-state index in [9.17, 15) is 4.79 Å². The minimum atomic E-state index is -0.228. The molecule has 2 N–H and O–H groups in total. The highest BCUT2D eigenvalue weighted by Crippen LogP contribution is 2.24. The van der Waals surface area contributed by atoms with E-state index < -0.39 is 0 Å². The molecule has 0 saturated carbocycles. The first-order valence-corrected chi connectivity index (χ1v) is 11.2. The Bertz CT molecular complexity index is 1070. The number of rotatable bonds is 8. The average Bonchev–Trinajstić information content (AvgIpc) is 2.84. The first-order chi connectivity index (χ1) is 16.1. The summed E-state index contributed by atoms with van der Waals surface area (Å²) in [6, 6.07) is 19.4. The number of carbonyl (C=O) groups excluding carboxylic acids is 1. The number of morpholine rings is 1. The van der Waals surface area contributed by atoms with Crippen molar-refractivity contribution in [2.45, 2.75) is 26.5 Å². The van der Waals surface area contributed by atoms with Crippen LogP contribution in [0.4, 0.5) is 5.82 Å². The number of hydrazine groups is 1. The van der Waals surface area contributed by atoms with Crippen LogP contribution >= 0.6 is 0 Å². The van der Waals surface area contributed by atoms with Crippen molar-refractivity contribution >= 4 is 11.7 Å². The van der Waals surface area contributed by atoms with Crippen LogP contribution in [0.2, 0.25) is 0 Å². The first kappa shape index (κ1) is 22.8. The van der Waals surface area contributed by atoms with Gasteiger partial charge in [0.25, 0.3) is 5.91 Å². The van der Waals surface area contributed by atoms with Crippen molar-refractivity contribution in [3.63, 3.8) is 0 Å². The predicted octanol–water partition coefficient (Wildman–Crippen LogP) is 4.12. The fraction of sp³-hybridized carbons (Fsp3) is 0.308. The molecule has 1 fully saturated rings. The van der Waals surface area contributed by atoms with Crippen molar-refractivity contribution in [1.29, 1.82) is 0 Å². The number of anilines is 1. The van der Waals surface area contributed by atoms with Gasteiger partial charge in [0, 0.05) is 37.5 Å². The standard InChI is InChI=1S/C26H30N4O3/c1-19-6-8-21(9-7-19)18-28-26(31)23-5-3-4-22(16-23)20(2)33-24-10-11-27-25(17-24)29-30-12-14-32-15-13-30/h3-11,16-17,20H,12-15,18H2,1-2H3,(H,27,29)(H,28,31). The van der Waals surface area contributed by atoms with Crippen LogP contribution < -0.4 is 15.5 Å². The SMILES string of the molecule is Cc1ccc(CNC(=O)c2cccc(C(C)Oc3ccnc(NN4CCOCC4)c3)c2)cc1. The number of pyridine rings is 1. The predicted molar refractivity (Wildman–Crippen MR) is 128 cm³/mol. The quantitative estimate of drug-likeness (QED) is 0.542. The number of benzene rings is 2. The summed E-state index contributed by atoms with van der Waals surface area (Å²) >= 11 is 0. The number of amides is 1. The van der Waals surface area contributed by atoms with E-state index >= 15 is 0 Å². The van der Waals surface area contributed by atoms with Crippen LogP contribution in [-0.4, -0.2) is 42.2 Å². The highest BCUT2D eigenvalue weighted by Gasteiger charge is 2.14. The van der Waals surface area contributed by atoms with Gasteiger partial charge in [0.2, 0.25) is 0 Å². The fourth-order valence-corrected chi connectivity index (χ4v) is 3.58. The second-order valence-corrected chi connectivity index (χ2v) is 8.14. The molecule has 0 aliphatic carbocycles. The molecule has 0 spiro atoms. The van der Waals surface area contributed by atoms with Gasteiger partial charge >= 0.3 is 0 Å². The van der Waals surface area contributed by atoms with E-state index in [2.05, 4.69) is 20.7 Å². The van der Waals surface area contributed by atoms with E-state index in [-0.39, 0.29) is 12.0 Å². The maximum atomic E-state index is 12.7. The zero-order valence-corrected chi connectivity index (χ0v) is 19.1. The Labute approximate surface area is 194 Å². The number of nitrogens with zero attached hydrogens (tertiary/aromatic N) is 2. The zero-order valence-electron chi connectivity index (χ0n) is 19.1. The molecule has 2 aromatic carbocycles. The van der Waals surface area contributed by atoms with Crippen molar-refractivity contribution in [1.82, 2.24) is 15.3 Å². The van der Waals surface area contributed by atoms with E-state index in [1.807, 2.05) is 74.5 Å². The summed E-state index contributed by atoms with van der Waals surface area (Å²) < 4.78 is 11.5. The summed E-state index contributed by atoms with van der Waals surface area (Å²) in [5, 5.41) is 5.07. The summed E-state index contributed by atoms with van der Waals surface area (Å²) in [4.78, 5) is 17.0. The van der Waals surface area contributed by atoms with E-state index in [0.717, 1.165) is 30.0 Å². The van der Waals surface area contributed by atoms with Gasteiger partial charge in [-0.25, -0.2) is 9.99 Å². The van der Waals surface area contributed by atoms with Crippen LogP contribution in [0.5, 0.6) is 5.75 Å². The minimum Gasteiger partial charge on any atom is -0.486 e. The van der Waals surface area contributed by atoms with E-state index in [4.69, 9.17) is 9.47 Å². The van der Waals surface area contributed by atoms with Gasteiger partial charge in [-0.05, 0) is 43.2 Å². The van der Waals surface area contributed by atoms with Crippen LogP contribution in [0.1, 0.15) is 40.1 Å². The molecular weight excluding hydrogens is 416 g/mol. The number of aryl methyl sites for hydroxylation is 1.